The predicted octanol–water partition coefficient (Wildman–Crippen LogP) is 4.23. The zero-order valence-electron chi connectivity index (χ0n) is 19.0. The molecule has 2 fully saturated rings. The molecule has 0 radical (unpaired) electrons. The van der Waals surface area contributed by atoms with Gasteiger partial charge >= 0.3 is 24.3 Å². The Balaban J connectivity index is 0.000000505. The summed E-state index contributed by atoms with van der Waals surface area (Å²) < 4.78 is 71.4. The first-order chi connectivity index (χ1) is 17.6. The lowest BCUT2D eigenvalue weighted by atomic mass is 9.83. The number of hydrogen-bond acceptors (Lipinski definition) is 7. The first-order valence-corrected chi connectivity index (χ1v) is 10.7. The van der Waals surface area contributed by atoms with E-state index in [1.807, 2.05) is 0 Å². The molecule has 1 amide bonds. The van der Waals surface area contributed by atoms with E-state index in [0.29, 0.717) is 30.9 Å². The molecule has 16 heteroatoms. The quantitative estimate of drug-likeness (QED) is 0.468. The van der Waals surface area contributed by atoms with Gasteiger partial charge in [-0.2, -0.15) is 31.6 Å². The number of carboxylic acid groups (broad SMARTS) is 2. The Kier molecular flexibility index (Phi) is 7.52. The van der Waals surface area contributed by atoms with Crippen molar-refractivity contribution >= 4 is 35.2 Å². The van der Waals surface area contributed by atoms with Gasteiger partial charge in [0.05, 0.1) is 17.2 Å². The van der Waals surface area contributed by atoms with Crippen LogP contribution in [0.1, 0.15) is 35.2 Å². The summed E-state index contributed by atoms with van der Waals surface area (Å²) in [6.07, 6.45) is -5.85. The van der Waals surface area contributed by atoms with Gasteiger partial charge in [0.15, 0.2) is 0 Å². The fourth-order valence-electron chi connectivity index (χ4n) is 3.85. The fraction of sp³-hybridized carbons (Fsp3) is 0.364. The summed E-state index contributed by atoms with van der Waals surface area (Å²) in [5.74, 6) is -4.85. The van der Waals surface area contributed by atoms with Crippen molar-refractivity contribution in [2.45, 2.75) is 31.6 Å². The number of carboxylic acids is 2. The second-order valence-electron chi connectivity index (χ2n) is 8.31. The molecule has 0 spiro atoms. The lowest BCUT2D eigenvalue weighted by Gasteiger charge is -2.21. The molecule has 1 saturated heterocycles. The number of alkyl halides is 6. The average molecular weight is 545 g/mol. The minimum atomic E-state index is -5.08. The summed E-state index contributed by atoms with van der Waals surface area (Å²) in [7, 11) is 0. The van der Waals surface area contributed by atoms with Crippen LogP contribution in [0.2, 0.25) is 0 Å². The topological polar surface area (TPSA) is 157 Å². The van der Waals surface area contributed by atoms with Crippen molar-refractivity contribution in [2.75, 3.05) is 16.8 Å². The number of carbonyl (C=O) groups excluding carboxylic acids is 1. The molecule has 0 aromatic carbocycles. The first kappa shape index (κ1) is 28.2. The van der Waals surface area contributed by atoms with Crippen molar-refractivity contribution in [2.24, 2.45) is 11.3 Å². The fourth-order valence-corrected chi connectivity index (χ4v) is 3.85. The molecule has 0 unspecified atom stereocenters. The number of nitrogens with zero attached hydrogens (tertiary/aromatic N) is 4. The van der Waals surface area contributed by atoms with Gasteiger partial charge in [0.1, 0.15) is 17.1 Å². The zero-order valence-corrected chi connectivity index (χ0v) is 19.0. The van der Waals surface area contributed by atoms with E-state index >= 15 is 0 Å². The number of pyridine rings is 2. The molecule has 1 aliphatic heterocycles. The van der Waals surface area contributed by atoms with Gasteiger partial charge in [-0.25, -0.2) is 19.6 Å². The summed E-state index contributed by atoms with van der Waals surface area (Å²) in [6.45, 7) is 0.357. The summed E-state index contributed by atoms with van der Waals surface area (Å²) in [4.78, 5) is 42.1. The van der Waals surface area contributed by atoms with E-state index in [9.17, 15) is 41.2 Å². The predicted molar refractivity (Wildman–Crippen MR) is 115 cm³/mol. The molecule has 2 aliphatic rings. The van der Waals surface area contributed by atoms with Crippen LogP contribution >= 0.6 is 0 Å². The largest absolute Gasteiger partial charge is 0.490 e. The van der Waals surface area contributed by atoms with Crippen LogP contribution in [0.4, 0.5) is 43.7 Å². The van der Waals surface area contributed by atoms with Gasteiger partial charge in [0.25, 0.3) is 0 Å². The molecule has 202 valence electrons. The molecule has 10 nitrogen and oxygen atoms in total. The third-order valence-corrected chi connectivity index (χ3v) is 5.82. The minimum Gasteiger partial charge on any atom is -0.478 e. The Morgan fingerprint density at radius 1 is 1.11 bits per heavy atom. The van der Waals surface area contributed by atoms with Gasteiger partial charge < -0.3 is 20.4 Å². The first-order valence-electron chi connectivity index (χ1n) is 10.7. The van der Waals surface area contributed by atoms with Crippen LogP contribution < -0.4 is 10.2 Å². The molecule has 1 aliphatic carbocycles. The van der Waals surface area contributed by atoms with Crippen molar-refractivity contribution in [1.29, 1.82) is 5.26 Å². The van der Waals surface area contributed by atoms with E-state index in [1.165, 1.54) is 17.2 Å². The van der Waals surface area contributed by atoms with E-state index < -0.39 is 40.8 Å². The zero-order chi connectivity index (χ0) is 28.5. The summed E-state index contributed by atoms with van der Waals surface area (Å²) in [5.41, 5.74) is -2.87. The third-order valence-electron chi connectivity index (χ3n) is 5.82. The second-order valence-corrected chi connectivity index (χ2v) is 8.31. The van der Waals surface area contributed by atoms with Crippen molar-refractivity contribution in [3.8, 4) is 6.07 Å². The van der Waals surface area contributed by atoms with E-state index in [4.69, 9.17) is 15.0 Å². The second kappa shape index (κ2) is 10.1. The van der Waals surface area contributed by atoms with Gasteiger partial charge in [-0.1, -0.05) is 0 Å². The normalized spacial score (nSPS) is 19.3. The number of amides is 1. The Morgan fingerprint density at radius 3 is 2.21 bits per heavy atom. The number of hydrogen-bond donors (Lipinski definition) is 3. The maximum absolute atomic E-state index is 13.2. The lowest BCUT2D eigenvalue weighted by Crippen LogP contribution is -2.35. The number of anilines is 3. The Labute approximate surface area is 209 Å². The monoisotopic (exact) mass is 545 g/mol. The molecule has 2 aromatic heterocycles. The molecular weight excluding hydrogens is 528 g/mol. The van der Waals surface area contributed by atoms with Gasteiger partial charge in [0.2, 0.25) is 5.91 Å². The van der Waals surface area contributed by atoms with Crippen molar-refractivity contribution < 1.29 is 50.9 Å². The Bertz CT molecular complexity index is 1300. The number of carbonyl (C=O) groups is 3. The Hall–Kier alpha value is -4.42. The van der Waals surface area contributed by atoms with Crippen LogP contribution in [0.5, 0.6) is 0 Å². The molecule has 38 heavy (non-hydrogen) atoms. The van der Waals surface area contributed by atoms with Crippen LogP contribution in [0.3, 0.4) is 0 Å². The third kappa shape index (κ3) is 5.93. The van der Waals surface area contributed by atoms with Gasteiger partial charge in [-0.15, -0.1) is 0 Å². The van der Waals surface area contributed by atoms with Gasteiger partial charge in [-0.05, 0) is 37.3 Å². The van der Waals surface area contributed by atoms with E-state index in [2.05, 4.69) is 21.4 Å². The molecule has 2 aromatic rings. The summed E-state index contributed by atoms with van der Waals surface area (Å²) >= 11 is 0. The molecule has 3 N–H and O–H groups in total. The maximum Gasteiger partial charge on any atom is 0.490 e. The highest BCUT2D eigenvalue weighted by atomic mass is 19.4. The number of aliphatic carboxylic acids is 1. The molecule has 1 atom stereocenters. The lowest BCUT2D eigenvalue weighted by molar-refractivity contribution is -0.192. The van der Waals surface area contributed by atoms with Gasteiger partial charge in [-0.3, -0.25) is 4.79 Å². The van der Waals surface area contributed by atoms with Crippen LogP contribution in [0.25, 0.3) is 0 Å². The van der Waals surface area contributed by atoms with Gasteiger partial charge in [0, 0.05) is 30.7 Å². The van der Waals surface area contributed by atoms with Crippen LogP contribution in [-0.4, -0.2) is 50.7 Å². The van der Waals surface area contributed by atoms with Crippen molar-refractivity contribution in [3.63, 3.8) is 0 Å². The van der Waals surface area contributed by atoms with E-state index in [-0.39, 0.29) is 23.5 Å². The SMILES string of the molecule is N#C[C@@]1(C2CC2)CCN(c2ccnc(Nc3cc(C(F)(F)F)c(C(=O)O)cn3)c2)C1=O.O=C(O)C(F)(F)F. The molecular formula is C22H17F6N5O5. The standard InChI is InChI=1S/C20H16F3N5O3.C2HF3O2/c21-20(22,23)14-8-16(26-9-13(14)17(29)30)27-15-7-12(3-5-25-15)28-6-4-19(10-24,18(28)31)11-1-2-11;3-2(4,5)1(6)7/h3,5,7-9,11H,1-2,4,6H2,(H,29,30)(H,25,26,27);(H,6,7)/t19-;/m1./s1. The molecule has 4 rings (SSSR count). The van der Waals surface area contributed by atoms with E-state index in [0.717, 1.165) is 12.8 Å². The number of halogens is 6. The number of aromatic nitrogens is 2. The smallest absolute Gasteiger partial charge is 0.478 e. The number of nitriles is 1. The van der Waals surface area contributed by atoms with Crippen LogP contribution in [-0.2, 0) is 15.8 Å². The highest BCUT2D eigenvalue weighted by Crippen LogP contribution is 2.52. The van der Waals surface area contributed by atoms with Crippen molar-refractivity contribution in [3.05, 3.63) is 41.7 Å². The molecule has 1 saturated carbocycles. The number of aromatic carboxylic acids is 1. The highest BCUT2D eigenvalue weighted by molar-refractivity contribution is 6.02. The highest BCUT2D eigenvalue weighted by Gasteiger charge is 2.56. The Morgan fingerprint density at radius 2 is 1.71 bits per heavy atom. The maximum atomic E-state index is 13.2. The molecule has 0 bridgehead atoms. The number of rotatable bonds is 5. The summed E-state index contributed by atoms with van der Waals surface area (Å²) in [5, 5.41) is 28.3. The van der Waals surface area contributed by atoms with E-state index in [1.54, 1.807) is 6.07 Å². The molecule has 3 heterocycles. The minimum absolute atomic E-state index is 0.0622. The number of nitrogens with one attached hydrogen (secondary N) is 1. The van der Waals surface area contributed by atoms with Crippen LogP contribution in [0, 0.1) is 22.7 Å². The summed E-state index contributed by atoms with van der Waals surface area (Å²) in [6, 6.07) is 5.83. The van der Waals surface area contributed by atoms with Crippen LogP contribution in [0.15, 0.2) is 30.6 Å². The van der Waals surface area contributed by atoms with Crippen molar-refractivity contribution in [1.82, 2.24) is 9.97 Å². The average Bonchev–Trinajstić information content (AvgIpc) is 3.62.